The Labute approximate surface area is 131 Å². The van der Waals surface area contributed by atoms with Crippen LogP contribution in [0.4, 0.5) is 5.82 Å². The Morgan fingerprint density at radius 1 is 1.14 bits per heavy atom. The third kappa shape index (κ3) is 3.49. The van der Waals surface area contributed by atoms with Gasteiger partial charge in [-0.05, 0) is 31.1 Å². The Morgan fingerprint density at radius 2 is 1.86 bits per heavy atom. The van der Waals surface area contributed by atoms with Crippen LogP contribution in [0.2, 0.25) is 5.15 Å². The zero-order valence-corrected chi connectivity index (χ0v) is 13.5. The Bertz CT molecular complexity index is 478. The molecule has 1 saturated heterocycles. The lowest BCUT2D eigenvalue weighted by Gasteiger charge is -2.44. The highest BCUT2D eigenvalue weighted by molar-refractivity contribution is 6.29. The van der Waals surface area contributed by atoms with E-state index in [1.807, 2.05) is 6.07 Å². The minimum atomic E-state index is 0.408. The molecule has 1 aliphatic heterocycles. The first-order valence-electron chi connectivity index (χ1n) is 7.98. The topological polar surface area (TPSA) is 38.2 Å². The van der Waals surface area contributed by atoms with Crippen molar-refractivity contribution in [2.75, 3.05) is 25.1 Å². The highest BCUT2D eigenvalue weighted by Crippen LogP contribution is 2.45. The third-order valence-electron chi connectivity index (χ3n) is 5.06. The molecule has 21 heavy (non-hydrogen) atoms. The molecule has 0 N–H and O–H groups in total. The summed E-state index contributed by atoms with van der Waals surface area (Å²) in [4.78, 5) is 11.1. The number of rotatable bonds is 3. The summed E-state index contributed by atoms with van der Waals surface area (Å²) in [7, 11) is 1.65. The second-order valence-corrected chi connectivity index (χ2v) is 6.83. The van der Waals surface area contributed by atoms with Crippen molar-refractivity contribution in [2.45, 2.75) is 51.6 Å². The summed E-state index contributed by atoms with van der Waals surface area (Å²) in [6.07, 6.45) is 9.66. The standard InChI is InChI=1S/C16H24ClN3O/c1-21-12-14-18-13(17)11-15(19-14)20-9-7-16(8-10-20)5-3-2-4-6-16/h11H,2-10,12H2,1H3. The molecule has 0 aromatic carbocycles. The van der Waals surface area contributed by atoms with E-state index in [9.17, 15) is 0 Å². The SMILES string of the molecule is COCc1nc(Cl)cc(N2CCC3(CCCCC3)CC2)n1. The predicted molar refractivity (Wildman–Crippen MR) is 84.7 cm³/mol. The van der Waals surface area contributed by atoms with Crippen molar-refractivity contribution in [1.82, 2.24) is 9.97 Å². The molecule has 0 radical (unpaired) electrons. The van der Waals surface area contributed by atoms with Gasteiger partial charge in [-0.1, -0.05) is 30.9 Å². The van der Waals surface area contributed by atoms with Crippen molar-refractivity contribution >= 4 is 17.4 Å². The number of piperidine rings is 1. The summed E-state index contributed by atoms with van der Waals surface area (Å²) in [6, 6.07) is 1.87. The van der Waals surface area contributed by atoms with E-state index in [0.29, 0.717) is 23.0 Å². The lowest BCUT2D eigenvalue weighted by Crippen LogP contribution is -2.41. The molecule has 1 saturated carbocycles. The summed E-state index contributed by atoms with van der Waals surface area (Å²) in [5.74, 6) is 1.62. The third-order valence-corrected chi connectivity index (χ3v) is 5.26. The molecule has 2 heterocycles. The van der Waals surface area contributed by atoms with Crippen molar-refractivity contribution in [3.63, 3.8) is 0 Å². The maximum Gasteiger partial charge on any atom is 0.158 e. The summed E-state index contributed by atoms with van der Waals surface area (Å²) >= 11 is 6.11. The van der Waals surface area contributed by atoms with Crippen molar-refractivity contribution in [3.8, 4) is 0 Å². The van der Waals surface area contributed by atoms with Gasteiger partial charge in [0.1, 0.15) is 17.6 Å². The van der Waals surface area contributed by atoms with Crippen LogP contribution in [0, 0.1) is 5.41 Å². The summed E-state index contributed by atoms with van der Waals surface area (Å²) in [5.41, 5.74) is 0.612. The van der Waals surface area contributed by atoms with Gasteiger partial charge in [-0.25, -0.2) is 9.97 Å². The van der Waals surface area contributed by atoms with E-state index in [0.717, 1.165) is 18.9 Å². The highest BCUT2D eigenvalue weighted by Gasteiger charge is 2.35. The number of hydrogen-bond acceptors (Lipinski definition) is 4. The average molecular weight is 310 g/mol. The molecule has 0 unspecified atom stereocenters. The summed E-state index contributed by atoms with van der Waals surface area (Å²) in [6.45, 7) is 2.57. The minimum Gasteiger partial charge on any atom is -0.377 e. The van der Waals surface area contributed by atoms with Gasteiger partial charge in [-0.15, -0.1) is 0 Å². The molecular formula is C16H24ClN3O. The van der Waals surface area contributed by atoms with Gasteiger partial charge in [0.05, 0.1) is 0 Å². The maximum atomic E-state index is 6.11. The predicted octanol–water partition coefficient (Wildman–Crippen LogP) is 3.83. The Morgan fingerprint density at radius 3 is 2.52 bits per heavy atom. The second kappa shape index (κ2) is 6.49. The monoisotopic (exact) mass is 309 g/mol. The van der Waals surface area contributed by atoms with E-state index in [-0.39, 0.29) is 0 Å². The molecule has 2 fully saturated rings. The zero-order valence-electron chi connectivity index (χ0n) is 12.8. The van der Waals surface area contributed by atoms with Gasteiger partial charge in [0, 0.05) is 26.3 Å². The fraction of sp³-hybridized carbons (Fsp3) is 0.750. The van der Waals surface area contributed by atoms with E-state index in [4.69, 9.17) is 16.3 Å². The fourth-order valence-electron chi connectivity index (χ4n) is 3.82. The van der Waals surface area contributed by atoms with E-state index < -0.39 is 0 Å². The van der Waals surface area contributed by atoms with Gasteiger partial charge < -0.3 is 9.64 Å². The lowest BCUT2D eigenvalue weighted by molar-refractivity contribution is 0.144. The van der Waals surface area contributed by atoms with Crippen LogP contribution in [-0.2, 0) is 11.3 Å². The van der Waals surface area contributed by atoms with Gasteiger partial charge in [0.15, 0.2) is 5.82 Å². The first-order chi connectivity index (χ1) is 10.2. The average Bonchev–Trinajstić information content (AvgIpc) is 2.48. The van der Waals surface area contributed by atoms with Crippen LogP contribution in [-0.4, -0.2) is 30.2 Å². The van der Waals surface area contributed by atoms with Gasteiger partial charge in [0.2, 0.25) is 0 Å². The maximum absolute atomic E-state index is 6.11. The molecule has 5 heteroatoms. The molecule has 1 aromatic heterocycles. The van der Waals surface area contributed by atoms with Crippen LogP contribution in [0.5, 0.6) is 0 Å². The first-order valence-corrected chi connectivity index (χ1v) is 8.36. The summed E-state index contributed by atoms with van der Waals surface area (Å²) in [5, 5.41) is 0.505. The van der Waals surface area contributed by atoms with Gasteiger partial charge in [-0.2, -0.15) is 0 Å². The first kappa shape index (κ1) is 15.0. The van der Waals surface area contributed by atoms with E-state index in [1.54, 1.807) is 7.11 Å². The van der Waals surface area contributed by atoms with Gasteiger partial charge in [-0.3, -0.25) is 0 Å². The van der Waals surface area contributed by atoms with Crippen LogP contribution in [0.3, 0.4) is 0 Å². The normalized spacial score (nSPS) is 21.7. The number of methoxy groups -OCH3 is 1. The number of hydrogen-bond donors (Lipinski definition) is 0. The number of anilines is 1. The lowest BCUT2D eigenvalue weighted by atomic mass is 9.68. The number of ether oxygens (including phenoxy) is 1. The highest BCUT2D eigenvalue weighted by atomic mass is 35.5. The number of halogens is 1. The van der Waals surface area contributed by atoms with Crippen LogP contribution in [0.1, 0.15) is 50.8 Å². The largest absolute Gasteiger partial charge is 0.377 e. The summed E-state index contributed by atoms with van der Waals surface area (Å²) < 4.78 is 5.11. The van der Waals surface area contributed by atoms with E-state index >= 15 is 0 Å². The molecular weight excluding hydrogens is 286 g/mol. The van der Waals surface area contributed by atoms with Crippen molar-refractivity contribution in [1.29, 1.82) is 0 Å². The Kier molecular flexibility index (Phi) is 4.65. The van der Waals surface area contributed by atoms with E-state index in [1.165, 1.54) is 44.9 Å². The number of aromatic nitrogens is 2. The molecule has 116 valence electrons. The van der Waals surface area contributed by atoms with Crippen molar-refractivity contribution in [3.05, 3.63) is 17.0 Å². The molecule has 0 atom stereocenters. The molecule has 1 aromatic rings. The van der Waals surface area contributed by atoms with E-state index in [2.05, 4.69) is 14.9 Å². The molecule has 0 amide bonds. The molecule has 2 aliphatic rings. The van der Waals surface area contributed by atoms with Crippen molar-refractivity contribution < 1.29 is 4.74 Å². The molecule has 1 aliphatic carbocycles. The molecule has 1 spiro atoms. The molecule has 4 nitrogen and oxygen atoms in total. The van der Waals surface area contributed by atoms with Gasteiger partial charge >= 0.3 is 0 Å². The minimum absolute atomic E-state index is 0.408. The quantitative estimate of drug-likeness (QED) is 0.795. The number of nitrogens with zero attached hydrogens (tertiary/aromatic N) is 3. The zero-order chi connectivity index (χ0) is 14.7. The smallest absolute Gasteiger partial charge is 0.158 e. The van der Waals surface area contributed by atoms with Crippen LogP contribution in [0.25, 0.3) is 0 Å². The fourth-order valence-corrected chi connectivity index (χ4v) is 4.01. The second-order valence-electron chi connectivity index (χ2n) is 6.45. The molecule has 0 bridgehead atoms. The molecule has 3 rings (SSSR count). The van der Waals surface area contributed by atoms with Crippen molar-refractivity contribution in [2.24, 2.45) is 5.41 Å². The van der Waals surface area contributed by atoms with Crippen LogP contribution in [0.15, 0.2) is 6.07 Å². The van der Waals surface area contributed by atoms with Crippen LogP contribution >= 0.6 is 11.6 Å². The Balaban J connectivity index is 1.68. The van der Waals surface area contributed by atoms with Crippen LogP contribution < -0.4 is 4.90 Å². The van der Waals surface area contributed by atoms with Gasteiger partial charge in [0.25, 0.3) is 0 Å². The Hall–Kier alpha value is -0.870.